The number of halogens is 3. The zero-order valence-electron chi connectivity index (χ0n) is 11.0. The molecule has 0 heterocycles. The minimum atomic E-state index is -4.55. The third-order valence-corrected chi connectivity index (χ3v) is 3.60. The summed E-state index contributed by atoms with van der Waals surface area (Å²) >= 11 is 0. The first-order valence-corrected chi connectivity index (χ1v) is 6.66. The molecule has 1 aromatic carbocycles. The average molecular weight is 286 g/mol. The molecule has 0 saturated heterocycles. The third-order valence-electron chi connectivity index (χ3n) is 3.60. The monoisotopic (exact) mass is 286 g/mol. The fraction of sp³-hybridized carbons (Fsp3) is 0.500. The lowest BCUT2D eigenvalue weighted by molar-refractivity contribution is -0.136. The van der Waals surface area contributed by atoms with Crippen molar-refractivity contribution in [2.24, 2.45) is 0 Å². The number of nitrogen functional groups attached to an aromatic ring is 1. The molecule has 110 valence electrons. The number of rotatable bonds is 2. The molecule has 0 atom stereocenters. The fourth-order valence-electron chi connectivity index (χ4n) is 2.52. The fourth-order valence-corrected chi connectivity index (χ4v) is 2.52. The molecule has 0 aromatic heterocycles. The van der Waals surface area contributed by atoms with Gasteiger partial charge in [0.05, 0.1) is 16.8 Å². The minimum Gasteiger partial charge on any atom is -0.398 e. The van der Waals surface area contributed by atoms with Crippen molar-refractivity contribution in [2.75, 3.05) is 5.73 Å². The molecule has 2 rings (SSSR count). The largest absolute Gasteiger partial charge is 0.418 e. The number of nitrogens with two attached hydrogens (primary N) is 1. The Morgan fingerprint density at radius 2 is 1.85 bits per heavy atom. The van der Waals surface area contributed by atoms with Crippen molar-refractivity contribution in [3.8, 4) is 0 Å². The van der Waals surface area contributed by atoms with Gasteiger partial charge in [0.25, 0.3) is 5.91 Å². The maximum atomic E-state index is 12.7. The number of amides is 1. The molecule has 1 aromatic rings. The maximum Gasteiger partial charge on any atom is 0.418 e. The number of hydrogen-bond donors (Lipinski definition) is 2. The van der Waals surface area contributed by atoms with E-state index in [4.69, 9.17) is 5.73 Å². The second kappa shape index (κ2) is 5.73. The highest BCUT2D eigenvalue weighted by Crippen LogP contribution is 2.35. The molecule has 1 amide bonds. The van der Waals surface area contributed by atoms with Gasteiger partial charge in [0.15, 0.2) is 0 Å². The zero-order chi connectivity index (χ0) is 14.8. The summed E-state index contributed by atoms with van der Waals surface area (Å²) in [5.41, 5.74) is 3.92. The molecule has 0 spiro atoms. The van der Waals surface area contributed by atoms with Gasteiger partial charge in [0, 0.05) is 6.04 Å². The topological polar surface area (TPSA) is 55.1 Å². The molecule has 3 nitrogen and oxygen atoms in total. The van der Waals surface area contributed by atoms with Gasteiger partial charge < -0.3 is 11.1 Å². The van der Waals surface area contributed by atoms with Crippen LogP contribution in [0.2, 0.25) is 0 Å². The van der Waals surface area contributed by atoms with Crippen molar-refractivity contribution in [1.29, 1.82) is 0 Å². The summed E-state index contributed by atoms with van der Waals surface area (Å²) in [6.45, 7) is 0. The Morgan fingerprint density at radius 3 is 2.45 bits per heavy atom. The Bertz CT molecular complexity index is 494. The van der Waals surface area contributed by atoms with E-state index < -0.39 is 23.3 Å². The summed E-state index contributed by atoms with van der Waals surface area (Å²) in [6.07, 6.45) is 0.379. The van der Waals surface area contributed by atoms with Crippen molar-refractivity contribution in [3.05, 3.63) is 29.3 Å². The molecule has 6 heteroatoms. The van der Waals surface area contributed by atoms with E-state index in [2.05, 4.69) is 5.32 Å². The molecule has 0 aliphatic heterocycles. The minimum absolute atomic E-state index is 0.0326. The van der Waals surface area contributed by atoms with Crippen LogP contribution >= 0.6 is 0 Å². The molecule has 0 radical (unpaired) electrons. The average Bonchev–Trinajstić information content (AvgIpc) is 2.38. The van der Waals surface area contributed by atoms with Gasteiger partial charge in [0.2, 0.25) is 0 Å². The highest BCUT2D eigenvalue weighted by molar-refractivity contribution is 6.00. The summed E-state index contributed by atoms with van der Waals surface area (Å²) in [7, 11) is 0. The van der Waals surface area contributed by atoms with Gasteiger partial charge in [-0.2, -0.15) is 13.2 Å². The predicted octanol–water partition coefficient (Wildman–Crippen LogP) is 3.35. The number of carbonyl (C=O) groups is 1. The van der Waals surface area contributed by atoms with Crippen molar-refractivity contribution >= 4 is 11.6 Å². The van der Waals surface area contributed by atoms with Gasteiger partial charge in [0.1, 0.15) is 0 Å². The number of alkyl halides is 3. The molecular formula is C14H17F3N2O. The summed E-state index contributed by atoms with van der Waals surface area (Å²) in [5, 5.41) is 2.77. The molecule has 0 bridgehead atoms. The van der Waals surface area contributed by atoms with Crippen LogP contribution in [0.15, 0.2) is 18.2 Å². The number of nitrogens with one attached hydrogen (secondary N) is 1. The number of carbonyl (C=O) groups excluding carboxylic acids is 1. The summed E-state index contributed by atoms with van der Waals surface area (Å²) in [6, 6.07) is 3.44. The van der Waals surface area contributed by atoms with E-state index in [-0.39, 0.29) is 11.6 Å². The van der Waals surface area contributed by atoms with Crippen LogP contribution in [0.5, 0.6) is 0 Å². The summed E-state index contributed by atoms with van der Waals surface area (Å²) < 4.78 is 38.2. The summed E-state index contributed by atoms with van der Waals surface area (Å²) in [4.78, 5) is 12.1. The van der Waals surface area contributed by atoms with E-state index in [9.17, 15) is 18.0 Å². The first-order chi connectivity index (χ1) is 9.39. The Balaban J connectivity index is 2.17. The van der Waals surface area contributed by atoms with E-state index in [1.54, 1.807) is 0 Å². The van der Waals surface area contributed by atoms with Crippen LogP contribution in [0.4, 0.5) is 18.9 Å². The van der Waals surface area contributed by atoms with E-state index in [0.717, 1.165) is 38.2 Å². The summed E-state index contributed by atoms with van der Waals surface area (Å²) in [5.74, 6) is -0.527. The van der Waals surface area contributed by atoms with Gasteiger partial charge in [-0.1, -0.05) is 25.3 Å². The molecule has 1 fully saturated rings. The second-order valence-electron chi connectivity index (χ2n) is 5.07. The van der Waals surface area contributed by atoms with Gasteiger partial charge >= 0.3 is 6.18 Å². The smallest absolute Gasteiger partial charge is 0.398 e. The van der Waals surface area contributed by atoms with Gasteiger partial charge in [-0.3, -0.25) is 4.79 Å². The predicted molar refractivity (Wildman–Crippen MR) is 70.2 cm³/mol. The number of anilines is 1. The lowest BCUT2D eigenvalue weighted by Crippen LogP contribution is -2.36. The lowest BCUT2D eigenvalue weighted by atomic mass is 9.95. The van der Waals surface area contributed by atoms with Crippen LogP contribution in [0.3, 0.4) is 0 Å². The SMILES string of the molecule is Nc1c(C(=O)NC2CCCCC2)cccc1C(F)(F)F. The molecule has 0 unspecified atom stereocenters. The van der Waals surface area contributed by atoms with Crippen molar-refractivity contribution < 1.29 is 18.0 Å². The van der Waals surface area contributed by atoms with Crippen LogP contribution in [0.25, 0.3) is 0 Å². The van der Waals surface area contributed by atoms with Gasteiger partial charge in [-0.15, -0.1) is 0 Å². The zero-order valence-corrected chi connectivity index (χ0v) is 11.0. The molecule has 1 aliphatic carbocycles. The van der Waals surface area contributed by atoms with Gasteiger partial charge in [-0.05, 0) is 25.0 Å². The Labute approximate surface area is 115 Å². The van der Waals surface area contributed by atoms with Crippen LogP contribution in [-0.2, 0) is 6.18 Å². The highest BCUT2D eigenvalue weighted by atomic mass is 19.4. The van der Waals surface area contributed by atoms with Crippen molar-refractivity contribution in [1.82, 2.24) is 5.32 Å². The van der Waals surface area contributed by atoms with E-state index in [1.165, 1.54) is 12.1 Å². The second-order valence-corrected chi connectivity index (χ2v) is 5.07. The standard InChI is InChI=1S/C14H17F3N2O/c15-14(16,17)11-8-4-7-10(12(11)18)13(20)19-9-5-2-1-3-6-9/h4,7-9H,1-3,5-6,18H2,(H,19,20). The normalized spacial score (nSPS) is 16.9. The first-order valence-electron chi connectivity index (χ1n) is 6.66. The Hall–Kier alpha value is -1.72. The Kier molecular flexibility index (Phi) is 4.20. The Morgan fingerprint density at radius 1 is 1.20 bits per heavy atom. The van der Waals surface area contributed by atoms with Gasteiger partial charge in [-0.25, -0.2) is 0 Å². The lowest BCUT2D eigenvalue weighted by Gasteiger charge is -2.23. The van der Waals surface area contributed by atoms with Crippen LogP contribution < -0.4 is 11.1 Å². The number of benzene rings is 1. The van der Waals surface area contributed by atoms with E-state index in [1.807, 2.05) is 0 Å². The van der Waals surface area contributed by atoms with E-state index >= 15 is 0 Å². The van der Waals surface area contributed by atoms with E-state index in [0.29, 0.717) is 0 Å². The van der Waals surface area contributed by atoms with Crippen molar-refractivity contribution in [2.45, 2.75) is 44.3 Å². The number of para-hydroxylation sites is 1. The third kappa shape index (κ3) is 3.23. The molecule has 20 heavy (non-hydrogen) atoms. The first kappa shape index (κ1) is 14.7. The molecule has 3 N–H and O–H groups in total. The quantitative estimate of drug-likeness (QED) is 0.819. The van der Waals surface area contributed by atoms with Crippen LogP contribution in [-0.4, -0.2) is 11.9 Å². The maximum absolute atomic E-state index is 12.7. The van der Waals surface area contributed by atoms with Crippen molar-refractivity contribution in [3.63, 3.8) is 0 Å². The molecule has 1 aliphatic rings. The molecule has 1 saturated carbocycles. The van der Waals surface area contributed by atoms with Crippen LogP contribution in [0, 0.1) is 0 Å². The number of hydrogen-bond acceptors (Lipinski definition) is 2. The molecular weight excluding hydrogens is 269 g/mol. The highest BCUT2D eigenvalue weighted by Gasteiger charge is 2.34. The van der Waals surface area contributed by atoms with Crippen LogP contribution in [0.1, 0.15) is 48.0 Å².